The first-order chi connectivity index (χ1) is 4.70. The molecular weight excluding hydrogens is 385 g/mol. The van der Waals surface area contributed by atoms with E-state index in [9.17, 15) is 8.42 Å². The van der Waals surface area contributed by atoms with Crippen LogP contribution in [0.25, 0.3) is 0 Å². The van der Waals surface area contributed by atoms with E-state index in [1.165, 1.54) is 12.1 Å². The maximum absolute atomic E-state index is 10.3. The molecule has 3 nitrogen and oxygen atoms in total. The van der Waals surface area contributed by atoms with Gasteiger partial charge >= 0.3 is 0 Å². The van der Waals surface area contributed by atoms with E-state index in [4.69, 9.17) is 5.73 Å². The summed E-state index contributed by atoms with van der Waals surface area (Å²) in [6.07, 6.45) is 0. The van der Waals surface area contributed by atoms with E-state index >= 15 is 0 Å². The molecule has 2 N–H and O–H groups in total. The maximum atomic E-state index is 10.3. The molecule has 0 saturated carbocycles. The molecular formula is C6H5NO2SVW-2. The van der Waals surface area contributed by atoms with Crippen molar-refractivity contribution in [3.8, 4) is 0 Å². The van der Waals surface area contributed by atoms with Gasteiger partial charge in [0, 0.05) is 39.6 Å². The Morgan fingerprint density at radius 3 is 2.33 bits per heavy atom. The zero-order valence-electron chi connectivity index (χ0n) is 5.89. The standard InChI is InChI=1S/C6H5NO2S.V.W/c7-5-2-1-3-6(4-5)10(8)9;;/h1-2,4H,7H2;;/q-2;;. The zero-order valence-corrected chi connectivity index (χ0v) is 11.0. The Morgan fingerprint density at radius 2 is 2.00 bits per heavy atom. The monoisotopic (exact) mass is 390 g/mol. The van der Waals surface area contributed by atoms with Crippen molar-refractivity contribution in [2.45, 2.75) is 4.90 Å². The molecule has 0 aromatic heterocycles. The Hall–Kier alpha value is 0.243. The van der Waals surface area contributed by atoms with E-state index in [-0.39, 0.29) is 44.5 Å². The summed E-state index contributed by atoms with van der Waals surface area (Å²) in [6, 6.07) is 6.92. The van der Waals surface area contributed by atoms with E-state index in [0.717, 1.165) is 0 Å². The van der Waals surface area contributed by atoms with Crippen LogP contribution in [-0.4, -0.2) is 0 Å². The van der Waals surface area contributed by atoms with Gasteiger partial charge in [-0.1, -0.05) is 16.4 Å². The third kappa shape index (κ3) is 4.31. The number of benzene rings is 1. The summed E-state index contributed by atoms with van der Waals surface area (Å²) >= 11 is 0. The fourth-order valence-corrected chi connectivity index (χ4v) is 0.954. The molecule has 6 heteroatoms. The number of hydrogen-bond donors (Lipinski definition) is 1. The van der Waals surface area contributed by atoms with Gasteiger partial charge in [-0.15, -0.1) is 6.07 Å². The minimum Gasteiger partial charge on any atom is -0.422 e. The number of anilines is 1. The second-order valence-electron chi connectivity index (χ2n) is 1.72. The summed E-state index contributed by atoms with van der Waals surface area (Å²) in [5.41, 5.74) is 5.73. The Bertz CT molecular complexity index is 308. The fraction of sp³-hybridized carbons (Fsp3) is 0. The van der Waals surface area contributed by atoms with E-state index in [0.29, 0.717) is 5.69 Å². The van der Waals surface area contributed by atoms with Crippen LogP contribution in [0.3, 0.4) is 0 Å². The fourth-order valence-electron chi connectivity index (χ4n) is 0.557. The minimum atomic E-state index is -2.22. The first-order valence-corrected chi connectivity index (χ1v) is 3.64. The third-order valence-electron chi connectivity index (χ3n) is 0.979. The van der Waals surface area contributed by atoms with Gasteiger partial charge in [0.1, 0.15) is 0 Å². The quantitative estimate of drug-likeness (QED) is 0.437. The smallest absolute Gasteiger partial charge is 0 e. The van der Waals surface area contributed by atoms with Crippen LogP contribution in [0.2, 0.25) is 0 Å². The first kappa shape index (κ1) is 14.7. The number of nitrogens with two attached hydrogens (primary N) is 1. The van der Waals surface area contributed by atoms with Gasteiger partial charge in [-0.25, -0.2) is 0 Å². The van der Waals surface area contributed by atoms with Gasteiger partial charge in [-0.05, 0) is 0 Å². The van der Waals surface area contributed by atoms with Gasteiger partial charge in [0.25, 0.3) is 0 Å². The van der Waals surface area contributed by atoms with E-state index in [2.05, 4.69) is 6.07 Å². The molecule has 1 aromatic rings. The summed E-state index contributed by atoms with van der Waals surface area (Å²) < 4.78 is 20.5. The predicted octanol–water partition coefficient (Wildman–Crippen LogP) is 0.732. The Kier molecular flexibility index (Phi) is 8.27. The number of hydrogen-bond acceptors (Lipinski definition) is 4. The van der Waals surface area contributed by atoms with Crippen LogP contribution in [-0.2, 0) is 58.7 Å². The molecule has 0 amide bonds. The van der Waals surface area contributed by atoms with Crippen molar-refractivity contribution in [1.29, 1.82) is 0 Å². The molecule has 1 aromatic carbocycles. The van der Waals surface area contributed by atoms with Crippen LogP contribution in [0.15, 0.2) is 23.1 Å². The number of rotatable bonds is 1. The summed E-state index contributed by atoms with van der Waals surface area (Å²) in [4.78, 5) is 0.0972. The molecule has 12 heavy (non-hydrogen) atoms. The van der Waals surface area contributed by atoms with Gasteiger partial charge < -0.3 is 14.2 Å². The van der Waals surface area contributed by atoms with Crippen LogP contribution >= 0.6 is 0 Å². The molecule has 0 aliphatic carbocycles. The van der Waals surface area contributed by atoms with Gasteiger partial charge in [0.05, 0.1) is 0 Å². The van der Waals surface area contributed by atoms with Crippen molar-refractivity contribution >= 4 is 16.4 Å². The molecule has 1 rings (SSSR count). The maximum Gasteiger partial charge on any atom is 0 e. The topological polar surface area (TPSA) is 60.2 Å². The summed E-state index contributed by atoms with van der Waals surface area (Å²) in [5, 5.41) is 0. The van der Waals surface area contributed by atoms with Gasteiger partial charge in [-0.3, -0.25) is 0 Å². The Morgan fingerprint density at radius 1 is 1.42 bits per heavy atom. The molecule has 0 atom stereocenters. The molecule has 0 aliphatic heterocycles. The van der Waals surface area contributed by atoms with Gasteiger partial charge in [0.2, 0.25) is 0 Å². The van der Waals surface area contributed by atoms with Crippen LogP contribution in [0, 0.1) is 6.07 Å². The normalized spacial score (nSPS) is 8.42. The third-order valence-corrected chi connectivity index (χ3v) is 1.57. The van der Waals surface area contributed by atoms with Crippen LogP contribution < -0.4 is 5.73 Å². The molecule has 0 bridgehead atoms. The van der Waals surface area contributed by atoms with Crippen LogP contribution in [0.5, 0.6) is 0 Å². The molecule has 0 spiro atoms. The molecule has 0 saturated heterocycles. The van der Waals surface area contributed by atoms with Crippen molar-refractivity contribution in [3.63, 3.8) is 0 Å². The second kappa shape index (κ2) is 6.73. The van der Waals surface area contributed by atoms with Crippen LogP contribution in [0.4, 0.5) is 5.69 Å². The van der Waals surface area contributed by atoms with Crippen molar-refractivity contribution in [3.05, 3.63) is 24.3 Å². The molecule has 0 aliphatic rings. The van der Waals surface area contributed by atoms with Crippen LogP contribution in [0.1, 0.15) is 0 Å². The van der Waals surface area contributed by atoms with Gasteiger partial charge in [-0.2, -0.15) is 23.1 Å². The van der Waals surface area contributed by atoms with E-state index < -0.39 is 10.7 Å². The summed E-state index contributed by atoms with van der Waals surface area (Å²) in [6.45, 7) is 0. The summed E-state index contributed by atoms with van der Waals surface area (Å²) in [5.74, 6) is 0. The average Bonchev–Trinajstić information content (AvgIpc) is 1.88. The van der Waals surface area contributed by atoms with E-state index in [1.807, 2.05) is 0 Å². The van der Waals surface area contributed by atoms with Crippen molar-refractivity contribution in [2.75, 3.05) is 5.73 Å². The molecule has 0 heterocycles. The van der Waals surface area contributed by atoms with Gasteiger partial charge in [0.15, 0.2) is 0 Å². The average molecular weight is 390 g/mol. The first-order valence-electron chi connectivity index (χ1n) is 2.56. The second-order valence-corrected chi connectivity index (χ2v) is 2.63. The van der Waals surface area contributed by atoms with Crippen molar-refractivity contribution in [2.24, 2.45) is 0 Å². The Balaban J connectivity index is 0. The van der Waals surface area contributed by atoms with E-state index in [1.54, 1.807) is 6.07 Å². The molecule has 0 unspecified atom stereocenters. The summed E-state index contributed by atoms with van der Waals surface area (Å²) in [7, 11) is -2.22. The molecule has 0 fully saturated rings. The molecule has 1 radical (unpaired) electrons. The van der Waals surface area contributed by atoms with Crippen molar-refractivity contribution in [1.82, 2.24) is 0 Å². The number of nitrogen functional groups attached to an aromatic ring is 1. The minimum absolute atomic E-state index is 0. The largest absolute Gasteiger partial charge is 0.422 e. The predicted molar refractivity (Wildman–Crippen MR) is 36.7 cm³/mol. The Labute approximate surface area is 98.8 Å². The zero-order chi connectivity index (χ0) is 7.56. The SMILES string of the molecule is Nc1cc[c-]c([S-](=O)=O)c1.[V].[W]. The van der Waals surface area contributed by atoms with Crippen molar-refractivity contribution < 1.29 is 48.0 Å². The molecule has 65 valence electrons.